The lowest BCUT2D eigenvalue weighted by Crippen LogP contribution is -2.35. The average Bonchev–Trinajstić information content (AvgIpc) is 2.41. The van der Waals surface area contributed by atoms with Crippen molar-refractivity contribution >= 4 is 0 Å². The predicted octanol–water partition coefficient (Wildman–Crippen LogP) is 2.03. The summed E-state index contributed by atoms with van der Waals surface area (Å²) in [6.07, 6.45) is 2.65. The second-order valence-corrected chi connectivity index (χ2v) is 4.86. The summed E-state index contributed by atoms with van der Waals surface area (Å²) in [6.45, 7) is 2.69. The van der Waals surface area contributed by atoms with Gasteiger partial charge in [-0.25, -0.2) is 0 Å². The van der Waals surface area contributed by atoms with Crippen LogP contribution in [0.25, 0.3) is 0 Å². The predicted molar refractivity (Wildman–Crippen MR) is 72.8 cm³/mol. The van der Waals surface area contributed by atoms with E-state index in [2.05, 4.69) is 0 Å². The van der Waals surface area contributed by atoms with E-state index in [1.807, 2.05) is 31.2 Å². The van der Waals surface area contributed by atoms with E-state index in [0.717, 1.165) is 37.0 Å². The molecule has 1 aromatic rings. The van der Waals surface area contributed by atoms with Crippen LogP contribution >= 0.6 is 0 Å². The molecule has 3 heteroatoms. The largest absolute Gasteiger partial charge is 0.395 e. The molecule has 0 saturated heterocycles. The van der Waals surface area contributed by atoms with E-state index in [1.54, 1.807) is 7.11 Å². The second kappa shape index (κ2) is 7.52. The van der Waals surface area contributed by atoms with Crippen LogP contribution in [0.3, 0.4) is 0 Å². The second-order valence-electron chi connectivity index (χ2n) is 4.86. The zero-order chi connectivity index (χ0) is 13.4. The van der Waals surface area contributed by atoms with Crippen molar-refractivity contribution in [2.24, 2.45) is 0 Å². The zero-order valence-corrected chi connectivity index (χ0v) is 11.4. The molecule has 0 aliphatic carbocycles. The molecule has 0 aliphatic rings. The van der Waals surface area contributed by atoms with Crippen molar-refractivity contribution in [3.8, 4) is 0 Å². The Bertz CT molecular complexity index is 345. The Hall–Kier alpha value is -0.900. The van der Waals surface area contributed by atoms with Crippen LogP contribution in [0.1, 0.15) is 30.4 Å². The quantitative estimate of drug-likeness (QED) is 0.696. The maximum atomic E-state index is 9.72. The summed E-state index contributed by atoms with van der Waals surface area (Å²) in [5.74, 6) is 0. The molecule has 0 radical (unpaired) electrons. The molecule has 2 N–H and O–H groups in total. The third-order valence-electron chi connectivity index (χ3n) is 3.58. The maximum absolute atomic E-state index is 9.72. The number of aliphatic hydroxyl groups is 2. The van der Waals surface area contributed by atoms with Crippen LogP contribution in [0.5, 0.6) is 0 Å². The molecule has 102 valence electrons. The monoisotopic (exact) mass is 252 g/mol. The fourth-order valence-electron chi connectivity index (χ4n) is 2.39. The molecule has 0 amide bonds. The minimum absolute atomic E-state index is 0.0265. The van der Waals surface area contributed by atoms with E-state index in [1.165, 1.54) is 0 Å². The highest BCUT2D eigenvalue weighted by Gasteiger charge is 2.31. The minimum Gasteiger partial charge on any atom is -0.395 e. The first kappa shape index (κ1) is 15.2. The molecule has 0 aromatic heterocycles. The highest BCUT2D eigenvalue weighted by atomic mass is 16.5. The SMILES string of the molecule is COCCCCC(CO)(CO)c1ccccc1C. The van der Waals surface area contributed by atoms with Crippen molar-refractivity contribution < 1.29 is 14.9 Å². The van der Waals surface area contributed by atoms with Gasteiger partial charge in [-0.2, -0.15) is 0 Å². The van der Waals surface area contributed by atoms with Crippen molar-refractivity contribution in [3.63, 3.8) is 0 Å². The Labute approximate surface area is 109 Å². The normalized spacial score (nSPS) is 11.8. The van der Waals surface area contributed by atoms with Crippen LogP contribution in [0.15, 0.2) is 24.3 Å². The Morgan fingerprint density at radius 3 is 2.33 bits per heavy atom. The number of rotatable bonds is 8. The van der Waals surface area contributed by atoms with Gasteiger partial charge in [0.25, 0.3) is 0 Å². The fraction of sp³-hybridized carbons (Fsp3) is 0.600. The molecule has 0 saturated carbocycles. The van der Waals surface area contributed by atoms with Crippen LogP contribution in [-0.2, 0) is 10.2 Å². The summed E-state index contributed by atoms with van der Waals surface area (Å²) in [4.78, 5) is 0. The molecule has 0 aliphatic heterocycles. The Morgan fingerprint density at radius 2 is 1.78 bits per heavy atom. The van der Waals surface area contributed by atoms with Gasteiger partial charge in [0.05, 0.1) is 13.2 Å². The summed E-state index contributed by atoms with van der Waals surface area (Å²) in [7, 11) is 1.69. The van der Waals surface area contributed by atoms with Crippen LogP contribution in [0.4, 0.5) is 0 Å². The van der Waals surface area contributed by atoms with E-state index in [-0.39, 0.29) is 13.2 Å². The van der Waals surface area contributed by atoms with Gasteiger partial charge in [0, 0.05) is 19.1 Å². The highest BCUT2D eigenvalue weighted by molar-refractivity contribution is 5.33. The first-order valence-electron chi connectivity index (χ1n) is 6.47. The van der Waals surface area contributed by atoms with E-state index in [4.69, 9.17) is 4.74 Å². The van der Waals surface area contributed by atoms with Gasteiger partial charge >= 0.3 is 0 Å². The van der Waals surface area contributed by atoms with Crippen molar-refractivity contribution in [1.29, 1.82) is 0 Å². The van der Waals surface area contributed by atoms with E-state index < -0.39 is 5.41 Å². The van der Waals surface area contributed by atoms with Gasteiger partial charge in [-0.05, 0) is 30.9 Å². The Morgan fingerprint density at radius 1 is 1.11 bits per heavy atom. The van der Waals surface area contributed by atoms with E-state index >= 15 is 0 Å². The molecular formula is C15H24O3. The average molecular weight is 252 g/mol. The molecule has 18 heavy (non-hydrogen) atoms. The summed E-state index contributed by atoms with van der Waals surface area (Å²) in [6, 6.07) is 7.95. The van der Waals surface area contributed by atoms with Crippen molar-refractivity contribution in [3.05, 3.63) is 35.4 Å². The smallest absolute Gasteiger partial charge is 0.0550 e. The third kappa shape index (κ3) is 3.55. The molecule has 0 fully saturated rings. The molecule has 0 bridgehead atoms. The van der Waals surface area contributed by atoms with Crippen LogP contribution < -0.4 is 0 Å². The molecule has 3 nitrogen and oxygen atoms in total. The number of methoxy groups -OCH3 is 1. The maximum Gasteiger partial charge on any atom is 0.0550 e. The van der Waals surface area contributed by atoms with Gasteiger partial charge in [-0.15, -0.1) is 0 Å². The molecule has 1 rings (SSSR count). The van der Waals surface area contributed by atoms with Crippen molar-refractivity contribution in [2.75, 3.05) is 26.9 Å². The lowest BCUT2D eigenvalue weighted by Gasteiger charge is -2.32. The lowest BCUT2D eigenvalue weighted by molar-refractivity contribution is 0.103. The van der Waals surface area contributed by atoms with E-state index in [0.29, 0.717) is 0 Å². The number of aryl methyl sites for hydroxylation is 1. The first-order chi connectivity index (χ1) is 8.70. The lowest BCUT2D eigenvalue weighted by atomic mass is 9.76. The van der Waals surface area contributed by atoms with Gasteiger partial charge in [0.1, 0.15) is 0 Å². The molecular weight excluding hydrogens is 228 g/mol. The molecule has 0 spiro atoms. The third-order valence-corrected chi connectivity index (χ3v) is 3.58. The number of ether oxygens (including phenoxy) is 1. The summed E-state index contributed by atoms with van der Waals surface area (Å²) in [5, 5.41) is 19.4. The molecule has 1 aromatic carbocycles. The Kier molecular flexibility index (Phi) is 6.33. The highest BCUT2D eigenvalue weighted by Crippen LogP contribution is 2.31. The van der Waals surface area contributed by atoms with Crippen molar-refractivity contribution in [2.45, 2.75) is 31.6 Å². The van der Waals surface area contributed by atoms with Gasteiger partial charge in [0.2, 0.25) is 0 Å². The van der Waals surface area contributed by atoms with Crippen LogP contribution in [0.2, 0.25) is 0 Å². The summed E-state index contributed by atoms with van der Waals surface area (Å²) < 4.78 is 5.03. The van der Waals surface area contributed by atoms with Gasteiger partial charge in [-0.1, -0.05) is 30.7 Å². The number of hydrogen-bond donors (Lipinski definition) is 2. The van der Waals surface area contributed by atoms with Gasteiger partial charge in [-0.3, -0.25) is 0 Å². The van der Waals surface area contributed by atoms with Gasteiger partial charge in [0.15, 0.2) is 0 Å². The summed E-state index contributed by atoms with van der Waals surface area (Å²) >= 11 is 0. The van der Waals surface area contributed by atoms with Crippen molar-refractivity contribution in [1.82, 2.24) is 0 Å². The summed E-state index contributed by atoms with van der Waals surface area (Å²) in [5.41, 5.74) is 1.64. The first-order valence-corrected chi connectivity index (χ1v) is 6.47. The van der Waals surface area contributed by atoms with Crippen LogP contribution in [0, 0.1) is 6.92 Å². The van der Waals surface area contributed by atoms with E-state index in [9.17, 15) is 10.2 Å². The number of hydrogen-bond acceptors (Lipinski definition) is 3. The Balaban J connectivity index is 2.83. The van der Waals surface area contributed by atoms with Gasteiger partial charge < -0.3 is 14.9 Å². The van der Waals surface area contributed by atoms with Crippen LogP contribution in [-0.4, -0.2) is 37.1 Å². The molecule has 0 atom stereocenters. The molecule has 0 heterocycles. The standard InChI is InChI=1S/C15H24O3/c1-13-7-3-4-8-14(13)15(11-16,12-17)9-5-6-10-18-2/h3-4,7-8,16-17H,5-6,9-12H2,1-2H3. The number of unbranched alkanes of at least 4 members (excludes halogenated alkanes) is 1. The fourth-order valence-corrected chi connectivity index (χ4v) is 2.39. The number of aliphatic hydroxyl groups excluding tert-OH is 2. The number of benzene rings is 1. The zero-order valence-electron chi connectivity index (χ0n) is 11.4. The topological polar surface area (TPSA) is 49.7 Å². The minimum atomic E-state index is -0.529. The molecule has 0 unspecified atom stereocenters.